The van der Waals surface area contributed by atoms with E-state index in [4.69, 9.17) is 5.73 Å². The lowest BCUT2D eigenvalue weighted by Crippen LogP contribution is -2.42. The molecule has 0 bridgehead atoms. The highest BCUT2D eigenvalue weighted by Crippen LogP contribution is 2.23. The Morgan fingerprint density at radius 2 is 2.05 bits per heavy atom. The summed E-state index contributed by atoms with van der Waals surface area (Å²) in [6, 6.07) is 4.50. The third kappa shape index (κ3) is 2.95. The molecule has 110 valence electrons. The molecule has 2 rings (SSSR count). The van der Waals surface area contributed by atoms with Crippen LogP contribution in [0.2, 0.25) is 0 Å². The summed E-state index contributed by atoms with van der Waals surface area (Å²) >= 11 is 0. The maximum Gasteiger partial charge on any atom is 0.256 e. The molecule has 0 radical (unpaired) electrons. The number of amides is 1. The van der Waals surface area contributed by atoms with E-state index in [0.717, 1.165) is 32.1 Å². The molecule has 6 heteroatoms. The molecule has 1 saturated heterocycles. The second-order valence-corrected chi connectivity index (χ2v) is 7.38. The van der Waals surface area contributed by atoms with Crippen LogP contribution >= 0.6 is 0 Å². The van der Waals surface area contributed by atoms with Crippen LogP contribution in [0, 0.1) is 0 Å². The molecule has 1 aromatic carbocycles. The van der Waals surface area contributed by atoms with E-state index >= 15 is 0 Å². The Balaban J connectivity index is 2.31. The first-order valence-electron chi connectivity index (χ1n) is 6.71. The second-order valence-electron chi connectivity index (χ2n) is 5.36. The summed E-state index contributed by atoms with van der Waals surface area (Å²) in [5.41, 5.74) is 6.46. The van der Waals surface area contributed by atoms with Gasteiger partial charge in [-0.25, -0.2) is 8.42 Å². The number of nitrogens with two attached hydrogens (primary N) is 1. The second kappa shape index (κ2) is 5.44. The summed E-state index contributed by atoms with van der Waals surface area (Å²) < 4.78 is 22.9. The Labute approximate surface area is 119 Å². The number of carbonyl (C=O) groups is 1. The first-order chi connectivity index (χ1) is 9.30. The van der Waals surface area contributed by atoms with Crippen LogP contribution in [-0.2, 0) is 9.84 Å². The summed E-state index contributed by atoms with van der Waals surface area (Å²) in [7, 11) is -3.31. The van der Waals surface area contributed by atoms with E-state index in [1.807, 2.05) is 11.8 Å². The van der Waals surface area contributed by atoms with Crippen LogP contribution in [0.25, 0.3) is 0 Å². The predicted octanol–water partition coefficient (Wildman–Crippen LogP) is 1.69. The van der Waals surface area contributed by atoms with Gasteiger partial charge in [0.2, 0.25) is 0 Å². The third-order valence-corrected chi connectivity index (χ3v) is 4.86. The first-order valence-corrected chi connectivity index (χ1v) is 8.60. The van der Waals surface area contributed by atoms with Crippen molar-refractivity contribution in [2.24, 2.45) is 0 Å². The molecule has 2 N–H and O–H groups in total. The molecule has 1 atom stereocenters. The molecule has 1 aliphatic rings. The van der Waals surface area contributed by atoms with Crippen LogP contribution in [0.4, 0.5) is 5.69 Å². The summed E-state index contributed by atoms with van der Waals surface area (Å²) in [5.74, 6) is -0.116. The van der Waals surface area contributed by atoms with Crippen molar-refractivity contribution < 1.29 is 13.2 Å². The van der Waals surface area contributed by atoms with Crippen molar-refractivity contribution in [3.8, 4) is 0 Å². The SMILES string of the molecule is CC1CCCCN1C(=O)c1ccc(S(C)(=O)=O)cc1N. The van der Waals surface area contributed by atoms with E-state index in [0.29, 0.717) is 5.56 Å². The third-order valence-electron chi connectivity index (χ3n) is 3.75. The molecule has 1 unspecified atom stereocenters. The number of anilines is 1. The van der Waals surface area contributed by atoms with Crippen LogP contribution in [0.1, 0.15) is 36.5 Å². The van der Waals surface area contributed by atoms with Crippen molar-refractivity contribution >= 4 is 21.4 Å². The average Bonchev–Trinajstić information content (AvgIpc) is 2.37. The number of nitrogens with zero attached hydrogens (tertiary/aromatic N) is 1. The van der Waals surface area contributed by atoms with Gasteiger partial charge in [-0.05, 0) is 44.4 Å². The molecular formula is C14H20N2O3S. The van der Waals surface area contributed by atoms with Crippen molar-refractivity contribution in [3.05, 3.63) is 23.8 Å². The smallest absolute Gasteiger partial charge is 0.256 e. The van der Waals surface area contributed by atoms with Gasteiger partial charge in [-0.1, -0.05) is 0 Å². The minimum Gasteiger partial charge on any atom is -0.398 e. The molecule has 1 heterocycles. The number of nitrogen functional groups attached to an aromatic ring is 1. The number of likely N-dealkylation sites (tertiary alicyclic amines) is 1. The zero-order chi connectivity index (χ0) is 14.9. The number of piperidine rings is 1. The molecular weight excluding hydrogens is 276 g/mol. The van der Waals surface area contributed by atoms with Gasteiger partial charge in [-0.15, -0.1) is 0 Å². The molecule has 0 spiro atoms. The fourth-order valence-corrected chi connectivity index (χ4v) is 3.18. The molecule has 0 aromatic heterocycles. The van der Waals surface area contributed by atoms with Crippen LogP contribution < -0.4 is 5.73 Å². The largest absolute Gasteiger partial charge is 0.398 e. The van der Waals surface area contributed by atoms with Crippen LogP contribution in [0.3, 0.4) is 0 Å². The monoisotopic (exact) mass is 296 g/mol. The van der Waals surface area contributed by atoms with E-state index in [1.165, 1.54) is 18.2 Å². The summed E-state index contributed by atoms with van der Waals surface area (Å²) in [6.07, 6.45) is 4.24. The van der Waals surface area contributed by atoms with E-state index in [9.17, 15) is 13.2 Å². The number of hydrogen-bond donors (Lipinski definition) is 1. The van der Waals surface area contributed by atoms with E-state index in [2.05, 4.69) is 0 Å². The van der Waals surface area contributed by atoms with Gasteiger partial charge in [0.05, 0.1) is 10.5 Å². The highest BCUT2D eigenvalue weighted by atomic mass is 32.2. The van der Waals surface area contributed by atoms with Gasteiger partial charge in [-0.2, -0.15) is 0 Å². The van der Waals surface area contributed by atoms with Crippen molar-refractivity contribution in [2.75, 3.05) is 18.5 Å². The minimum absolute atomic E-state index is 0.116. The van der Waals surface area contributed by atoms with Gasteiger partial charge in [0, 0.05) is 24.5 Å². The Bertz CT molecular complexity index is 625. The zero-order valence-corrected chi connectivity index (χ0v) is 12.6. The topological polar surface area (TPSA) is 80.5 Å². The van der Waals surface area contributed by atoms with E-state index in [-0.39, 0.29) is 22.5 Å². The van der Waals surface area contributed by atoms with Gasteiger partial charge < -0.3 is 10.6 Å². The molecule has 1 amide bonds. The lowest BCUT2D eigenvalue weighted by Gasteiger charge is -2.33. The van der Waals surface area contributed by atoms with Crippen LogP contribution in [0.5, 0.6) is 0 Å². The van der Waals surface area contributed by atoms with Gasteiger partial charge >= 0.3 is 0 Å². The maximum absolute atomic E-state index is 12.5. The molecule has 0 aliphatic carbocycles. The number of sulfone groups is 1. The Hall–Kier alpha value is -1.56. The minimum atomic E-state index is -3.31. The van der Waals surface area contributed by atoms with Gasteiger partial charge in [0.25, 0.3) is 5.91 Å². The zero-order valence-electron chi connectivity index (χ0n) is 11.8. The van der Waals surface area contributed by atoms with E-state index in [1.54, 1.807) is 0 Å². The maximum atomic E-state index is 12.5. The van der Waals surface area contributed by atoms with Crippen molar-refractivity contribution in [1.29, 1.82) is 0 Å². The Kier molecular flexibility index (Phi) is 4.04. The normalized spacial score (nSPS) is 19.9. The number of carbonyl (C=O) groups excluding carboxylic acids is 1. The first kappa shape index (κ1) is 14.8. The molecule has 1 aromatic rings. The number of benzene rings is 1. The van der Waals surface area contributed by atoms with Gasteiger partial charge in [-0.3, -0.25) is 4.79 Å². The molecule has 5 nitrogen and oxygen atoms in total. The quantitative estimate of drug-likeness (QED) is 0.842. The summed E-state index contributed by atoms with van der Waals surface area (Å²) in [4.78, 5) is 14.4. The van der Waals surface area contributed by atoms with Crippen molar-refractivity contribution in [1.82, 2.24) is 4.90 Å². The highest BCUT2D eigenvalue weighted by Gasteiger charge is 2.25. The molecule has 1 fully saturated rings. The van der Waals surface area contributed by atoms with E-state index < -0.39 is 9.84 Å². The Morgan fingerprint density at radius 3 is 2.60 bits per heavy atom. The van der Waals surface area contributed by atoms with Crippen molar-refractivity contribution in [2.45, 2.75) is 37.1 Å². The molecule has 1 aliphatic heterocycles. The number of rotatable bonds is 2. The predicted molar refractivity (Wildman–Crippen MR) is 78.3 cm³/mol. The fourth-order valence-electron chi connectivity index (χ4n) is 2.52. The van der Waals surface area contributed by atoms with Crippen LogP contribution in [-0.4, -0.2) is 38.1 Å². The standard InChI is InChI=1S/C14H20N2O3S/c1-10-5-3-4-8-16(10)14(17)12-7-6-11(9-13(12)15)20(2,18)19/h6-7,9-10H,3-5,8,15H2,1-2H3. The molecule has 20 heavy (non-hydrogen) atoms. The van der Waals surface area contributed by atoms with Gasteiger partial charge in [0.15, 0.2) is 9.84 Å². The van der Waals surface area contributed by atoms with Crippen molar-refractivity contribution in [3.63, 3.8) is 0 Å². The summed E-state index contributed by atoms with van der Waals surface area (Å²) in [5, 5.41) is 0. The van der Waals surface area contributed by atoms with Crippen LogP contribution in [0.15, 0.2) is 23.1 Å². The average molecular weight is 296 g/mol. The Morgan fingerprint density at radius 1 is 1.35 bits per heavy atom. The fraction of sp³-hybridized carbons (Fsp3) is 0.500. The number of hydrogen-bond acceptors (Lipinski definition) is 4. The summed E-state index contributed by atoms with van der Waals surface area (Å²) in [6.45, 7) is 2.76. The highest BCUT2D eigenvalue weighted by molar-refractivity contribution is 7.90. The lowest BCUT2D eigenvalue weighted by molar-refractivity contribution is 0.0636. The molecule has 0 saturated carbocycles. The van der Waals surface area contributed by atoms with Gasteiger partial charge in [0.1, 0.15) is 0 Å². The lowest BCUT2D eigenvalue weighted by atomic mass is 10.0.